The molecule has 1 aliphatic carbocycles. The van der Waals surface area contributed by atoms with Gasteiger partial charge in [-0.1, -0.05) is 12.2 Å². The van der Waals surface area contributed by atoms with Gasteiger partial charge in [0.05, 0.1) is 10.4 Å². The fourth-order valence-electron chi connectivity index (χ4n) is 1.61. The van der Waals surface area contributed by atoms with Crippen LogP contribution in [0.5, 0.6) is 0 Å². The van der Waals surface area contributed by atoms with Gasteiger partial charge in [-0.05, 0) is 12.8 Å². The van der Waals surface area contributed by atoms with Crippen LogP contribution in [0.15, 0.2) is 12.4 Å². The van der Waals surface area contributed by atoms with E-state index in [1.165, 1.54) is 0 Å². The molecule has 0 atom stereocenters. The van der Waals surface area contributed by atoms with Gasteiger partial charge in [0.15, 0.2) is 0 Å². The topological polar surface area (TPSA) is 83.8 Å². The fraction of sp³-hybridized carbons (Fsp3) is 0.500. The minimum atomic E-state index is -0.557. The Balaban J connectivity index is 1.79. The van der Waals surface area contributed by atoms with Crippen LogP contribution in [0, 0.1) is 5.41 Å². The summed E-state index contributed by atoms with van der Waals surface area (Å²) in [5.41, 5.74) is 5.00. The highest BCUT2D eigenvalue weighted by Gasteiger charge is 2.52. The second-order valence-electron chi connectivity index (χ2n) is 3.99. The van der Waals surface area contributed by atoms with Crippen molar-refractivity contribution < 1.29 is 4.79 Å². The van der Waals surface area contributed by atoms with Gasteiger partial charge >= 0.3 is 0 Å². The van der Waals surface area contributed by atoms with Crippen molar-refractivity contribution in [3.63, 3.8) is 0 Å². The molecule has 1 aliphatic rings. The average Bonchev–Trinajstić information content (AvgIpc) is 2.92. The maximum Gasteiger partial charge on any atom is 0.233 e. The Morgan fingerprint density at radius 2 is 2.44 bits per heavy atom. The number of rotatable bonds is 5. The number of nitrogens with one attached hydrogen (secondary N) is 2. The SMILES string of the molecule is NC(=S)C1(C(=O)NCCc2ncc[nH]2)CC1. The van der Waals surface area contributed by atoms with E-state index in [0.717, 1.165) is 18.7 Å². The summed E-state index contributed by atoms with van der Waals surface area (Å²) in [5.74, 6) is 0.812. The van der Waals surface area contributed by atoms with E-state index in [0.29, 0.717) is 18.0 Å². The maximum absolute atomic E-state index is 11.8. The highest BCUT2D eigenvalue weighted by atomic mass is 32.1. The van der Waals surface area contributed by atoms with Crippen molar-refractivity contribution in [2.24, 2.45) is 11.1 Å². The molecule has 0 radical (unpaired) electrons. The molecule has 0 aliphatic heterocycles. The summed E-state index contributed by atoms with van der Waals surface area (Å²) in [4.78, 5) is 19.1. The third-order valence-electron chi connectivity index (χ3n) is 2.86. The number of aromatic nitrogens is 2. The maximum atomic E-state index is 11.8. The number of carbonyl (C=O) groups excluding carboxylic acids is 1. The zero-order chi connectivity index (χ0) is 11.6. The van der Waals surface area contributed by atoms with Crippen molar-refractivity contribution in [1.82, 2.24) is 15.3 Å². The molecule has 5 nitrogen and oxygen atoms in total. The summed E-state index contributed by atoms with van der Waals surface area (Å²) < 4.78 is 0. The van der Waals surface area contributed by atoms with Crippen LogP contribution >= 0.6 is 12.2 Å². The number of hydrogen-bond acceptors (Lipinski definition) is 3. The molecule has 1 aromatic heterocycles. The molecule has 1 aromatic rings. The van der Waals surface area contributed by atoms with Crippen LogP contribution in [-0.4, -0.2) is 27.4 Å². The summed E-state index contributed by atoms with van der Waals surface area (Å²) in [6, 6.07) is 0. The monoisotopic (exact) mass is 238 g/mol. The number of hydrogen-bond donors (Lipinski definition) is 3. The molecular formula is C10H14N4OS. The number of imidazole rings is 1. The van der Waals surface area contributed by atoms with Gasteiger partial charge in [-0.3, -0.25) is 4.79 Å². The molecule has 1 saturated carbocycles. The molecule has 1 heterocycles. The van der Waals surface area contributed by atoms with Gasteiger partial charge in [-0.15, -0.1) is 0 Å². The molecule has 1 amide bonds. The summed E-state index contributed by atoms with van der Waals surface area (Å²) >= 11 is 4.90. The summed E-state index contributed by atoms with van der Waals surface area (Å²) in [5, 5.41) is 2.84. The zero-order valence-corrected chi connectivity index (χ0v) is 9.64. The number of H-pyrrole nitrogens is 1. The van der Waals surface area contributed by atoms with Gasteiger partial charge in [0, 0.05) is 25.4 Å². The van der Waals surface area contributed by atoms with Crippen molar-refractivity contribution in [2.75, 3.05) is 6.54 Å². The van der Waals surface area contributed by atoms with Gasteiger partial charge in [0.1, 0.15) is 5.82 Å². The van der Waals surface area contributed by atoms with E-state index in [2.05, 4.69) is 15.3 Å². The molecule has 0 aromatic carbocycles. The van der Waals surface area contributed by atoms with Crippen LogP contribution in [0.3, 0.4) is 0 Å². The van der Waals surface area contributed by atoms with Crippen molar-refractivity contribution in [1.29, 1.82) is 0 Å². The smallest absolute Gasteiger partial charge is 0.233 e. The summed E-state index contributed by atoms with van der Waals surface area (Å²) in [6.45, 7) is 0.552. The van der Waals surface area contributed by atoms with Crippen LogP contribution in [-0.2, 0) is 11.2 Å². The molecule has 0 unspecified atom stereocenters. The normalized spacial score (nSPS) is 16.8. The highest BCUT2D eigenvalue weighted by molar-refractivity contribution is 7.80. The molecule has 0 spiro atoms. The van der Waals surface area contributed by atoms with Crippen molar-refractivity contribution in [3.8, 4) is 0 Å². The zero-order valence-electron chi connectivity index (χ0n) is 8.82. The predicted octanol–water partition coefficient (Wildman–Crippen LogP) is 0.135. The largest absolute Gasteiger partial charge is 0.392 e. The van der Waals surface area contributed by atoms with Crippen LogP contribution < -0.4 is 11.1 Å². The van der Waals surface area contributed by atoms with Crippen LogP contribution in [0.1, 0.15) is 18.7 Å². The molecule has 86 valence electrons. The van der Waals surface area contributed by atoms with Crippen LogP contribution in [0.4, 0.5) is 0 Å². The van der Waals surface area contributed by atoms with E-state index in [4.69, 9.17) is 18.0 Å². The Morgan fingerprint density at radius 3 is 2.94 bits per heavy atom. The third-order valence-corrected chi connectivity index (χ3v) is 3.25. The van der Waals surface area contributed by atoms with Crippen LogP contribution in [0.2, 0.25) is 0 Å². The molecule has 0 saturated heterocycles. The lowest BCUT2D eigenvalue weighted by Gasteiger charge is -2.12. The first-order valence-electron chi connectivity index (χ1n) is 5.21. The number of aromatic amines is 1. The minimum Gasteiger partial charge on any atom is -0.392 e. The Kier molecular flexibility index (Phi) is 2.91. The van der Waals surface area contributed by atoms with E-state index in [1.807, 2.05) is 0 Å². The Morgan fingerprint density at radius 1 is 1.69 bits per heavy atom. The molecule has 16 heavy (non-hydrogen) atoms. The number of nitrogens with zero attached hydrogens (tertiary/aromatic N) is 1. The summed E-state index contributed by atoms with van der Waals surface area (Å²) in [6.07, 6.45) is 5.68. The molecule has 0 bridgehead atoms. The second-order valence-corrected chi connectivity index (χ2v) is 4.43. The van der Waals surface area contributed by atoms with Gasteiger partial charge in [0.2, 0.25) is 5.91 Å². The fourth-order valence-corrected chi connectivity index (χ4v) is 1.91. The van der Waals surface area contributed by atoms with Gasteiger partial charge < -0.3 is 16.0 Å². The third kappa shape index (κ3) is 2.06. The Labute approximate surface area is 98.8 Å². The molecule has 1 fully saturated rings. The molecule has 4 N–H and O–H groups in total. The number of amides is 1. The van der Waals surface area contributed by atoms with Crippen LogP contribution in [0.25, 0.3) is 0 Å². The van der Waals surface area contributed by atoms with Crippen molar-refractivity contribution in [3.05, 3.63) is 18.2 Å². The van der Waals surface area contributed by atoms with Gasteiger partial charge in [-0.2, -0.15) is 0 Å². The first-order chi connectivity index (χ1) is 7.65. The quantitative estimate of drug-likeness (QED) is 0.637. The average molecular weight is 238 g/mol. The number of thiocarbonyl (C=S) groups is 1. The molecule has 2 rings (SSSR count). The summed E-state index contributed by atoms with van der Waals surface area (Å²) in [7, 11) is 0. The van der Waals surface area contributed by atoms with E-state index < -0.39 is 5.41 Å². The van der Waals surface area contributed by atoms with E-state index in [1.54, 1.807) is 12.4 Å². The number of carbonyl (C=O) groups is 1. The standard InChI is InChI=1S/C10H14N4OS/c11-8(16)10(2-3-10)9(15)14-4-1-7-12-5-6-13-7/h5-6H,1-4H2,(H2,11,16)(H,12,13)(H,14,15). The Hall–Kier alpha value is -1.43. The predicted molar refractivity (Wildman–Crippen MR) is 63.8 cm³/mol. The lowest BCUT2D eigenvalue weighted by Crippen LogP contribution is -2.40. The van der Waals surface area contributed by atoms with Gasteiger partial charge in [0.25, 0.3) is 0 Å². The van der Waals surface area contributed by atoms with Crippen molar-refractivity contribution in [2.45, 2.75) is 19.3 Å². The first-order valence-corrected chi connectivity index (χ1v) is 5.62. The minimum absolute atomic E-state index is 0.0495. The molecule has 6 heteroatoms. The van der Waals surface area contributed by atoms with E-state index in [9.17, 15) is 4.79 Å². The Bertz CT molecular complexity index is 397. The lowest BCUT2D eigenvalue weighted by molar-refractivity contribution is -0.123. The first kappa shape index (κ1) is 11.1. The highest BCUT2D eigenvalue weighted by Crippen LogP contribution is 2.46. The van der Waals surface area contributed by atoms with E-state index >= 15 is 0 Å². The van der Waals surface area contributed by atoms with Crippen molar-refractivity contribution >= 4 is 23.1 Å². The number of nitrogens with two attached hydrogens (primary N) is 1. The molecular weight excluding hydrogens is 224 g/mol. The lowest BCUT2D eigenvalue weighted by atomic mass is 10.1. The second kappa shape index (κ2) is 4.21. The van der Waals surface area contributed by atoms with E-state index in [-0.39, 0.29) is 5.91 Å². The van der Waals surface area contributed by atoms with Gasteiger partial charge in [-0.25, -0.2) is 4.98 Å².